The van der Waals surface area contributed by atoms with E-state index in [1.807, 2.05) is 0 Å². The summed E-state index contributed by atoms with van der Waals surface area (Å²) < 4.78 is 9.96. The number of methoxy groups -OCH3 is 2. The lowest BCUT2D eigenvalue weighted by Crippen LogP contribution is -2.36. The number of nitrogens with zero attached hydrogens (tertiary/aromatic N) is 1. The van der Waals surface area contributed by atoms with Crippen molar-refractivity contribution in [2.75, 3.05) is 40.5 Å². The first-order valence-electron chi connectivity index (χ1n) is 5.75. The van der Waals surface area contributed by atoms with Gasteiger partial charge in [-0.2, -0.15) is 0 Å². The van der Waals surface area contributed by atoms with Gasteiger partial charge in [0.2, 0.25) is 0 Å². The maximum atomic E-state index is 12.2. The van der Waals surface area contributed by atoms with Gasteiger partial charge in [-0.05, 0) is 18.2 Å². The lowest BCUT2D eigenvalue weighted by atomic mass is 10.2. The number of phenolic OH excluding ortho intramolecular Hbond substituents is 1. The molecule has 0 spiro atoms. The van der Waals surface area contributed by atoms with E-state index >= 15 is 0 Å². The molecule has 1 rings (SSSR count). The van der Waals surface area contributed by atoms with Crippen molar-refractivity contribution in [2.24, 2.45) is 0 Å². The van der Waals surface area contributed by atoms with Gasteiger partial charge in [0.05, 0.1) is 13.2 Å². The van der Waals surface area contributed by atoms with E-state index in [1.54, 1.807) is 31.3 Å². The molecule has 0 fully saturated rings. The summed E-state index contributed by atoms with van der Waals surface area (Å²) in [4.78, 5) is 13.9. The second kappa shape index (κ2) is 7.68. The maximum Gasteiger partial charge on any atom is 0.254 e. The number of aromatic hydroxyl groups is 1. The topological polar surface area (TPSA) is 59.0 Å². The molecular weight excluding hydrogens is 234 g/mol. The zero-order valence-electron chi connectivity index (χ0n) is 10.8. The number of hydrogen-bond acceptors (Lipinski definition) is 4. The molecule has 0 aliphatic heterocycles. The number of benzene rings is 1. The van der Waals surface area contributed by atoms with E-state index in [0.29, 0.717) is 31.9 Å². The Hall–Kier alpha value is -1.59. The van der Waals surface area contributed by atoms with Gasteiger partial charge in [-0.25, -0.2) is 0 Å². The van der Waals surface area contributed by atoms with Crippen LogP contribution in [0.1, 0.15) is 10.4 Å². The lowest BCUT2D eigenvalue weighted by Gasteiger charge is -2.22. The Balaban J connectivity index is 2.73. The van der Waals surface area contributed by atoms with Gasteiger partial charge in [-0.3, -0.25) is 4.79 Å². The summed E-state index contributed by atoms with van der Waals surface area (Å²) in [7, 11) is 3.18. The van der Waals surface area contributed by atoms with Crippen molar-refractivity contribution in [1.82, 2.24) is 4.90 Å². The van der Waals surface area contributed by atoms with Crippen LogP contribution in [0.5, 0.6) is 5.75 Å². The number of carbonyl (C=O) groups is 1. The van der Waals surface area contributed by atoms with E-state index in [0.717, 1.165) is 0 Å². The Bertz CT molecular complexity index is 373. The highest BCUT2D eigenvalue weighted by atomic mass is 16.5. The van der Waals surface area contributed by atoms with E-state index in [2.05, 4.69) is 0 Å². The summed E-state index contributed by atoms with van der Waals surface area (Å²) in [5.74, 6) is -0.0562. The summed E-state index contributed by atoms with van der Waals surface area (Å²) in [6.45, 7) is 1.92. The first-order valence-corrected chi connectivity index (χ1v) is 5.75. The molecule has 0 saturated carbocycles. The first kappa shape index (κ1) is 14.5. The molecule has 1 aromatic carbocycles. The fraction of sp³-hybridized carbons (Fsp3) is 0.462. The molecule has 100 valence electrons. The molecule has 1 amide bonds. The number of carbonyl (C=O) groups excluding carboxylic acids is 1. The molecule has 0 aliphatic rings. The van der Waals surface area contributed by atoms with Gasteiger partial charge in [0.25, 0.3) is 5.91 Å². The van der Waals surface area contributed by atoms with E-state index in [1.165, 1.54) is 12.1 Å². The van der Waals surface area contributed by atoms with Crippen LogP contribution in [0, 0.1) is 0 Å². The van der Waals surface area contributed by atoms with E-state index in [-0.39, 0.29) is 11.7 Å². The first-order chi connectivity index (χ1) is 8.69. The van der Waals surface area contributed by atoms with Crippen LogP contribution in [0.25, 0.3) is 0 Å². The molecule has 5 heteroatoms. The zero-order valence-corrected chi connectivity index (χ0v) is 10.8. The summed E-state index contributed by atoms with van der Waals surface area (Å²) in [6.07, 6.45) is 0. The van der Waals surface area contributed by atoms with Crippen molar-refractivity contribution in [2.45, 2.75) is 0 Å². The van der Waals surface area contributed by atoms with Crippen molar-refractivity contribution in [1.29, 1.82) is 0 Å². The van der Waals surface area contributed by atoms with E-state index in [9.17, 15) is 9.90 Å². The van der Waals surface area contributed by atoms with Crippen LogP contribution < -0.4 is 0 Å². The average Bonchev–Trinajstić information content (AvgIpc) is 2.38. The molecule has 1 N–H and O–H groups in total. The van der Waals surface area contributed by atoms with Crippen LogP contribution >= 0.6 is 0 Å². The normalized spacial score (nSPS) is 10.3. The summed E-state index contributed by atoms with van der Waals surface area (Å²) in [5, 5.41) is 9.38. The Morgan fingerprint density at radius 2 is 1.83 bits per heavy atom. The molecule has 0 unspecified atom stereocenters. The van der Waals surface area contributed by atoms with Crippen molar-refractivity contribution in [3.63, 3.8) is 0 Å². The third-order valence-electron chi connectivity index (χ3n) is 2.51. The smallest absolute Gasteiger partial charge is 0.254 e. The number of hydrogen-bond donors (Lipinski definition) is 1. The molecule has 5 nitrogen and oxygen atoms in total. The summed E-state index contributed by atoms with van der Waals surface area (Å²) >= 11 is 0. The number of ether oxygens (including phenoxy) is 2. The fourth-order valence-electron chi connectivity index (χ4n) is 1.54. The molecule has 0 saturated heterocycles. The predicted octanol–water partition coefficient (Wildman–Crippen LogP) is 1.13. The molecule has 0 aromatic heterocycles. The molecular formula is C13H19NO4. The third-order valence-corrected chi connectivity index (χ3v) is 2.51. The largest absolute Gasteiger partial charge is 0.508 e. The minimum Gasteiger partial charge on any atom is -0.508 e. The SMILES string of the molecule is COCCN(CCOC)C(=O)c1cccc(O)c1. The van der Waals surface area contributed by atoms with Crippen LogP contribution in [0.3, 0.4) is 0 Å². The highest BCUT2D eigenvalue weighted by Crippen LogP contribution is 2.13. The van der Waals surface area contributed by atoms with Gasteiger partial charge >= 0.3 is 0 Å². The standard InChI is InChI=1S/C13H19NO4/c1-17-8-6-14(7-9-18-2)13(16)11-4-3-5-12(15)10-11/h3-5,10,15H,6-9H2,1-2H3. The summed E-state index contributed by atoms with van der Waals surface area (Å²) in [6, 6.07) is 6.31. The van der Waals surface area contributed by atoms with Gasteiger partial charge in [-0.15, -0.1) is 0 Å². The van der Waals surface area contributed by atoms with Gasteiger partial charge in [0, 0.05) is 32.9 Å². The van der Waals surface area contributed by atoms with Crippen molar-refractivity contribution in [3.05, 3.63) is 29.8 Å². The van der Waals surface area contributed by atoms with Crippen molar-refractivity contribution >= 4 is 5.91 Å². The summed E-state index contributed by atoms with van der Waals surface area (Å²) in [5.41, 5.74) is 0.460. The quantitative estimate of drug-likeness (QED) is 0.791. The molecule has 0 radical (unpaired) electrons. The van der Waals surface area contributed by atoms with Gasteiger partial charge in [0.15, 0.2) is 0 Å². The van der Waals surface area contributed by atoms with Gasteiger partial charge in [0.1, 0.15) is 5.75 Å². The van der Waals surface area contributed by atoms with Crippen LogP contribution in [0.15, 0.2) is 24.3 Å². The number of amides is 1. The zero-order chi connectivity index (χ0) is 13.4. The number of phenols is 1. The maximum absolute atomic E-state index is 12.2. The minimum absolute atomic E-state index is 0.0827. The molecule has 0 heterocycles. The molecule has 0 bridgehead atoms. The van der Waals surface area contributed by atoms with Crippen molar-refractivity contribution in [3.8, 4) is 5.75 Å². The molecule has 18 heavy (non-hydrogen) atoms. The molecule has 0 aliphatic carbocycles. The van der Waals surface area contributed by atoms with Crippen LogP contribution in [0.4, 0.5) is 0 Å². The second-order valence-corrected chi connectivity index (χ2v) is 3.83. The molecule has 0 atom stereocenters. The second-order valence-electron chi connectivity index (χ2n) is 3.83. The van der Waals surface area contributed by atoms with Crippen LogP contribution in [-0.4, -0.2) is 56.4 Å². The Labute approximate surface area is 107 Å². The Morgan fingerprint density at radius 3 is 2.33 bits per heavy atom. The Kier molecular flexibility index (Phi) is 6.18. The van der Waals surface area contributed by atoms with Gasteiger partial charge in [-0.1, -0.05) is 6.07 Å². The minimum atomic E-state index is -0.139. The highest BCUT2D eigenvalue weighted by molar-refractivity contribution is 5.94. The number of rotatable bonds is 7. The monoisotopic (exact) mass is 253 g/mol. The fourth-order valence-corrected chi connectivity index (χ4v) is 1.54. The van der Waals surface area contributed by atoms with Crippen molar-refractivity contribution < 1.29 is 19.4 Å². The van der Waals surface area contributed by atoms with E-state index in [4.69, 9.17) is 9.47 Å². The third kappa shape index (κ3) is 4.35. The lowest BCUT2D eigenvalue weighted by molar-refractivity contribution is 0.0627. The average molecular weight is 253 g/mol. The van der Waals surface area contributed by atoms with Gasteiger partial charge < -0.3 is 19.5 Å². The predicted molar refractivity (Wildman–Crippen MR) is 67.8 cm³/mol. The van der Waals surface area contributed by atoms with Crippen LogP contribution in [0.2, 0.25) is 0 Å². The Morgan fingerprint density at radius 1 is 1.22 bits per heavy atom. The molecule has 1 aromatic rings. The van der Waals surface area contributed by atoms with Crippen LogP contribution in [-0.2, 0) is 9.47 Å². The highest BCUT2D eigenvalue weighted by Gasteiger charge is 2.15. The van der Waals surface area contributed by atoms with E-state index < -0.39 is 0 Å².